The topological polar surface area (TPSA) is 201 Å². The first-order chi connectivity index (χ1) is 37.0. The van der Waals surface area contributed by atoms with Crippen molar-refractivity contribution in [1.82, 2.24) is 15.1 Å². The van der Waals surface area contributed by atoms with Crippen molar-refractivity contribution in [2.45, 2.75) is 156 Å². The van der Waals surface area contributed by atoms with Crippen LogP contribution in [-0.4, -0.2) is 103 Å². The summed E-state index contributed by atoms with van der Waals surface area (Å²) in [5.41, 5.74) is 6.29. The van der Waals surface area contributed by atoms with E-state index in [0.29, 0.717) is 62.3 Å². The molecule has 412 valence electrons. The first-order valence-electron chi connectivity index (χ1n) is 27.1. The number of aryl methyl sites for hydroxylation is 4. The van der Waals surface area contributed by atoms with Gasteiger partial charge < -0.3 is 28.6 Å². The van der Waals surface area contributed by atoms with E-state index >= 15 is 0 Å². The zero-order valence-electron chi connectivity index (χ0n) is 46.0. The van der Waals surface area contributed by atoms with E-state index in [1.54, 1.807) is 25.2 Å². The van der Waals surface area contributed by atoms with Gasteiger partial charge in [-0.05, 0) is 142 Å². The quantitative estimate of drug-likeness (QED) is 0.0514. The number of likely N-dealkylation sites (tertiary alicyclic amines) is 1. The molecule has 4 aromatic carbocycles. The molecule has 16 nitrogen and oxygen atoms in total. The minimum atomic E-state index is -1.03. The Kier molecular flexibility index (Phi) is 21.5. The van der Waals surface area contributed by atoms with Crippen molar-refractivity contribution in [2.24, 2.45) is 0 Å². The molecule has 4 atom stereocenters. The third kappa shape index (κ3) is 15.0. The number of hydrogen-bond acceptors (Lipinski definition) is 13. The van der Waals surface area contributed by atoms with Crippen molar-refractivity contribution in [3.8, 4) is 23.0 Å². The molecule has 2 fully saturated rings. The van der Waals surface area contributed by atoms with E-state index in [9.17, 15) is 38.4 Å². The number of carbonyl (C=O) groups excluding carboxylic acids is 8. The van der Waals surface area contributed by atoms with Gasteiger partial charge in [0.2, 0.25) is 17.7 Å². The van der Waals surface area contributed by atoms with Crippen LogP contribution in [0.2, 0.25) is 0 Å². The molecule has 7 rings (SSSR count). The Morgan fingerprint density at radius 2 is 1.43 bits per heavy atom. The number of carbonyl (C=O) groups is 8. The average molecular weight is 1060 g/mol. The Bertz CT molecular complexity index is 2800. The van der Waals surface area contributed by atoms with Gasteiger partial charge in [0.1, 0.15) is 42.9 Å². The van der Waals surface area contributed by atoms with Crippen molar-refractivity contribution < 1.29 is 62.0 Å². The van der Waals surface area contributed by atoms with Crippen molar-refractivity contribution in [1.29, 1.82) is 0 Å². The first-order valence-corrected chi connectivity index (χ1v) is 27.1. The summed E-state index contributed by atoms with van der Waals surface area (Å²) in [5, 5.41) is 2.15. The van der Waals surface area contributed by atoms with E-state index in [1.165, 1.54) is 23.3 Å². The number of nitrogens with one attached hydrogen (secondary N) is 1. The SMILES string of the molecule is CCCCC(=O)COc1cccc([C@@H](CCc2ccc(C)c(C)c2)OC(=O)[C@@H]2CCCCN2C(=O)[C@@H](CC)c2cc(C)c(OC)c(OC)c2)c1.CCCCC(=O)COc1cccc2c1C(=O)N(C1CCC(=O)NC1=O)C2=O. The van der Waals surface area contributed by atoms with E-state index in [0.717, 1.165) is 65.7 Å². The van der Waals surface area contributed by atoms with E-state index in [4.69, 9.17) is 23.7 Å². The van der Waals surface area contributed by atoms with E-state index in [-0.39, 0.29) is 60.4 Å². The molecule has 0 bridgehead atoms. The average Bonchev–Trinajstić information content (AvgIpc) is 3.69. The molecule has 0 saturated carbocycles. The zero-order valence-corrected chi connectivity index (χ0v) is 46.0. The molecule has 5 amide bonds. The minimum absolute atomic E-state index is 0.00782. The Hall–Kier alpha value is -7.36. The van der Waals surface area contributed by atoms with E-state index in [2.05, 4.69) is 44.3 Å². The van der Waals surface area contributed by atoms with Crippen molar-refractivity contribution in [3.63, 3.8) is 0 Å². The largest absolute Gasteiger partial charge is 0.493 e. The molecule has 77 heavy (non-hydrogen) atoms. The highest BCUT2D eigenvalue weighted by atomic mass is 16.5. The number of unbranched alkanes of at least 4 members (excludes halogenated alkanes) is 2. The predicted octanol–water partition coefficient (Wildman–Crippen LogP) is 9.79. The Balaban J connectivity index is 0.000000298. The number of imide groups is 2. The van der Waals surface area contributed by atoms with Gasteiger partial charge in [-0.25, -0.2) is 4.79 Å². The number of rotatable bonds is 24. The van der Waals surface area contributed by atoms with Crippen LogP contribution in [0.1, 0.15) is 170 Å². The summed E-state index contributed by atoms with van der Waals surface area (Å²) >= 11 is 0. The summed E-state index contributed by atoms with van der Waals surface area (Å²) < 4.78 is 28.9. The molecule has 4 aromatic rings. The van der Waals surface area contributed by atoms with Gasteiger partial charge in [0.05, 0.1) is 31.3 Å². The van der Waals surface area contributed by atoms with Crippen molar-refractivity contribution in [3.05, 3.63) is 117 Å². The van der Waals surface area contributed by atoms with Crippen LogP contribution in [-0.2, 0) is 39.9 Å². The van der Waals surface area contributed by atoms with Gasteiger partial charge >= 0.3 is 5.97 Å². The lowest BCUT2D eigenvalue weighted by atomic mass is 9.91. The number of ketones is 2. The fraction of sp³-hybridized carbons (Fsp3) is 0.475. The lowest BCUT2D eigenvalue weighted by Crippen LogP contribution is -2.54. The van der Waals surface area contributed by atoms with E-state index in [1.807, 2.05) is 57.2 Å². The molecule has 1 N–H and O–H groups in total. The number of esters is 1. The van der Waals surface area contributed by atoms with Crippen LogP contribution in [0.4, 0.5) is 0 Å². The summed E-state index contributed by atoms with van der Waals surface area (Å²) in [6.45, 7) is 12.5. The number of nitrogens with zero attached hydrogens (tertiary/aromatic N) is 2. The molecule has 16 heteroatoms. The van der Waals surface area contributed by atoms with Gasteiger partial charge in [0, 0.05) is 25.8 Å². The fourth-order valence-electron chi connectivity index (χ4n) is 9.97. The molecule has 0 aromatic heterocycles. The maximum absolute atomic E-state index is 14.3. The van der Waals surface area contributed by atoms with Crippen LogP contribution in [0.5, 0.6) is 23.0 Å². The van der Waals surface area contributed by atoms with Gasteiger partial charge in [0.15, 0.2) is 23.1 Å². The maximum Gasteiger partial charge on any atom is 0.329 e. The number of ether oxygens (including phenoxy) is 5. The van der Waals surface area contributed by atoms with Crippen molar-refractivity contribution in [2.75, 3.05) is 34.0 Å². The van der Waals surface area contributed by atoms with Gasteiger partial charge in [-0.15, -0.1) is 0 Å². The third-order valence-corrected chi connectivity index (χ3v) is 14.4. The number of methoxy groups -OCH3 is 2. The van der Waals surface area contributed by atoms with Crippen molar-refractivity contribution >= 4 is 47.1 Å². The molecule has 3 aliphatic rings. The summed E-state index contributed by atoms with van der Waals surface area (Å²) in [6, 6.07) is 20.6. The monoisotopic (exact) mass is 1060 g/mol. The van der Waals surface area contributed by atoms with Crippen LogP contribution >= 0.6 is 0 Å². The first kappa shape index (κ1) is 58.9. The molecule has 0 radical (unpaired) electrons. The van der Waals surface area contributed by atoms with Crippen LogP contribution in [0, 0.1) is 20.8 Å². The van der Waals surface area contributed by atoms with Gasteiger partial charge in [-0.3, -0.25) is 43.8 Å². The number of amides is 5. The van der Waals surface area contributed by atoms with Gasteiger partial charge in [0.25, 0.3) is 11.8 Å². The number of hydrogen-bond donors (Lipinski definition) is 1. The molecule has 1 unspecified atom stereocenters. The molecular formula is C61H75N3O13. The molecular weight excluding hydrogens is 983 g/mol. The Labute approximate surface area is 452 Å². The molecule has 0 aliphatic carbocycles. The molecule has 3 heterocycles. The summed E-state index contributed by atoms with van der Waals surface area (Å²) in [4.78, 5) is 104. The van der Waals surface area contributed by atoms with Crippen LogP contribution in [0.25, 0.3) is 0 Å². The Morgan fingerprint density at radius 1 is 0.714 bits per heavy atom. The normalized spacial score (nSPS) is 16.8. The minimum Gasteiger partial charge on any atom is -0.493 e. The van der Waals surface area contributed by atoms with Gasteiger partial charge in [-0.1, -0.05) is 76.1 Å². The summed E-state index contributed by atoms with van der Waals surface area (Å²) in [7, 11) is 3.19. The highest BCUT2D eigenvalue weighted by molar-refractivity contribution is 6.24. The summed E-state index contributed by atoms with van der Waals surface area (Å²) in [6.07, 6.45) is 7.91. The third-order valence-electron chi connectivity index (χ3n) is 14.4. The predicted molar refractivity (Wildman–Crippen MR) is 289 cm³/mol. The Morgan fingerprint density at radius 3 is 2.09 bits per heavy atom. The number of fused-ring (bicyclic) bond motifs is 1. The maximum atomic E-state index is 14.3. The smallest absolute Gasteiger partial charge is 0.329 e. The lowest BCUT2D eigenvalue weighted by Gasteiger charge is -2.37. The molecule has 0 spiro atoms. The lowest BCUT2D eigenvalue weighted by molar-refractivity contribution is -0.162. The second kappa shape index (κ2) is 28.1. The van der Waals surface area contributed by atoms with E-state index < -0.39 is 53.7 Å². The number of Topliss-reactive ketones (excluding diaryl/α,β-unsaturated/α-hetero) is 2. The van der Waals surface area contributed by atoms with Crippen LogP contribution in [0.15, 0.2) is 72.8 Å². The van der Waals surface area contributed by atoms with Crippen LogP contribution < -0.4 is 24.3 Å². The zero-order chi connectivity index (χ0) is 55.8. The fourth-order valence-corrected chi connectivity index (χ4v) is 9.97. The standard InChI is InChI=1S/C42H55NO7.C19H20N2O6/c1-8-10-15-34(44)27-49-35-16-13-14-32(25-35)38(21-20-31-19-18-28(3)29(4)23-31)50-42(46)37-17-11-12-22-43(37)41(45)36(9-2)33-24-30(5)40(48-7)39(26-33)47-6;1-2-3-5-11(22)10-27-14-7-4-6-12-16(14)19(26)21(18(12)25)13-8-9-15(23)20-17(13)24/h13-14,16,18-19,23-26,36-38H,8-12,15,17,20-22,27H2,1-7H3;4,6-7,13H,2-3,5,8-10H2,1H3,(H,20,23,24)/t36-,37-,38+;/m0./s1. The second-order valence-corrected chi connectivity index (χ2v) is 20.0. The number of piperidine rings is 2. The molecule has 3 aliphatic heterocycles. The van der Waals surface area contributed by atoms with Gasteiger partial charge in [-0.2, -0.15) is 0 Å². The highest BCUT2D eigenvalue weighted by Crippen LogP contribution is 2.38. The second-order valence-electron chi connectivity index (χ2n) is 20.0. The highest BCUT2D eigenvalue weighted by Gasteiger charge is 2.46. The summed E-state index contributed by atoms with van der Waals surface area (Å²) in [5.74, 6) is -1.40. The van der Waals surface area contributed by atoms with Crippen LogP contribution in [0.3, 0.4) is 0 Å². The number of benzene rings is 4. The molecule has 2 saturated heterocycles.